The van der Waals surface area contributed by atoms with E-state index in [1.807, 2.05) is 12.1 Å². The van der Waals surface area contributed by atoms with Crippen LogP contribution < -0.4 is 14.8 Å². The highest BCUT2D eigenvalue weighted by Gasteiger charge is 2.15. The van der Waals surface area contributed by atoms with E-state index in [2.05, 4.69) is 5.32 Å². The Balaban J connectivity index is 2.52. The van der Waals surface area contributed by atoms with Gasteiger partial charge in [-0.15, -0.1) is 0 Å². The van der Waals surface area contributed by atoms with Crippen molar-refractivity contribution in [3.63, 3.8) is 0 Å². The fourth-order valence-corrected chi connectivity index (χ4v) is 1.38. The molecule has 5 nitrogen and oxygen atoms in total. The maximum absolute atomic E-state index is 11.7. The van der Waals surface area contributed by atoms with Crippen LogP contribution in [0.3, 0.4) is 0 Å². The third-order valence-electron chi connectivity index (χ3n) is 2.35. The van der Waals surface area contributed by atoms with Crippen LogP contribution in [0.4, 0.5) is 0 Å². The Bertz CT molecular complexity index is 381. The Morgan fingerprint density at radius 3 is 2.56 bits per heavy atom. The number of rotatable bonds is 7. The molecule has 5 heteroatoms. The van der Waals surface area contributed by atoms with Gasteiger partial charge in [-0.1, -0.05) is 12.1 Å². The standard InChI is InChI=1S/C13H19NO4/c1-10(13(15)14-8-9-16-2)18-12-7-5-4-6-11(12)17-3/h4-7,10H,8-9H2,1-3H3,(H,14,15)/t10-/m0/s1. The number of hydrogen-bond donors (Lipinski definition) is 1. The summed E-state index contributed by atoms with van der Waals surface area (Å²) in [6, 6.07) is 7.21. The van der Waals surface area contributed by atoms with Gasteiger partial charge in [0.1, 0.15) is 0 Å². The summed E-state index contributed by atoms with van der Waals surface area (Å²) in [4.78, 5) is 11.7. The van der Waals surface area contributed by atoms with E-state index in [0.717, 1.165) is 0 Å². The van der Waals surface area contributed by atoms with Crippen molar-refractivity contribution in [3.8, 4) is 11.5 Å². The fraction of sp³-hybridized carbons (Fsp3) is 0.462. The Kier molecular flexibility index (Phi) is 6.00. The molecule has 100 valence electrons. The van der Waals surface area contributed by atoms with Crippen molar-refractivity contribution >= 4 is 5.91 Å². The van der Waals surface area contributed by atoms with Gasteiger partial charge in [0.2, 0.25) is 0 Å². The van der Waals surface area contributed by atoms with Crippen molar-refractivity contribution in [2.24, 2.45) is 0 Å². The number of carbonyl (C=O) groups is 1. The average Bonchev–Trinajstić information content (AvgIpc) is 2.39. The highest BCUT2D eigenvalue weighted by Crippen LogP contribution is 2.26. The van der Waals surface area contributed by atoms with E-state index in [4.69, 9.17) is 14.2 Å². The van der Waals surface area contributed by atoms with Crippen molar-refractivity contribution in [1.82, 2.24) is 5.32 Å². The fourth-order valence-electron chi connectivity index (χ4n) is 1.38. The summed E-state index contributed by atoms with van der Waals surface area (Å²) >= 11 is 0. The van der Waals surface area contributed by atoms with Gasteiger partial charge in [-0.25, -0.2) is 0 Å². The summed E-state index contributed by atoms with van der Waals surface area (Å²) in [6.07, 6.45) is -0.585. The average molecular weight is 253 g/mol. The summed E-state index contributed by atoms with van der Waals surface area (Å²) in [7, 11) is 3.15. The maximum Gasteiger partial charge on any atom is 0.260 e. The zero-order valence-corrected chi connectivity index (χ0v) is 10.9. The van der Waals surface area contributed by atoms with Gasteiger partial charge in [0.25, 0.3) is 5.91 Å². The second kappa shape index (κ2) is 7.55. The van der Waals surface area contributed by atoms with Gasteiger partial charge < -0.3 is 19.5 Å². The molecule has 1 atom stereocenters. The largest absolute Gasteiger partial charge is 0.493 e. The monoisotopic (exact) mass is 253 g/mol. The highest BCUT2D eigenvalue weighted by molar-refractivity contribution is 5.80. The van der Waals surface area contributed by atoms with Gasteiger partial charge in [0, 0.05) is 13.7 Å². The third kappa shape index (κ3) is 4.25. The molecule has 1 aromatic rings. The Labute approximate surface area is 107 Å². The SMILES string of the molecule is COCCNC(=O)[C@H](C)Oc1ccccc1OC. The number of nitrogens with one attached hydrogen (secondary N) is 1. The van der Waals surface area contributed by atoms with Gasteiger partial charge in [-0.2, -0.15) is 0 Å². The number of methoxy groups -OCH3 is 2. The van der Waals surface area contributed by atoms with Crippen molar-refractivity contribution in [2.45, 2.75) is 13.0 Å². The summed E-state index contributed by atoms with van der Waals surface area (Å²) < 4.78 is 15.5. The quantitative estimate of drug-likeness (QED) is 0.742. The van der Waals surface area contributed by atoms with Crippen molar-refractivity contribution in [2.75, 3.05) is 27.4 Å². The molecule has 1 N–H and O–H groups in total. The lowest BCUT2D eigenvalue weighted by Gasteiger charge is -2.16. The molecular weight excluding hydrogens is 234 g/mol. The first-order chi connectivity index (χ1) is 8.69. The van der Waals surface area contributed by atoms with Crippen LogP contribution in [-0.4, -0.2) is 39.4 Å². The minimum Gasteiger partial charge on any atom is -0.493 e. The van der Waals surface area contributed by atoms with E-state index in [9.17, 15) is 4.79 Å². The van der Waals surface area contributed by atoms with Gasteiger partial charge in [-0.3, -0.25) is 4.79 Å². The van der Waals surface area contributed by atoms with Gasteiger partial charge >= 0.3 is 0 Å². The van der Waals surface area contributed by atoms with Crippen molar-refractivity contribution in [1.29, 1.82) is 0 Å². The highest BCUT2D eigenvalue weighted by atomic mass is 16.5. The topological polar surface area (TPSA) is 56.8 Å². The van der Waals surface area contributed by atoms with Crippen LogP contribution in [0.1, 0.15) is 6.92 Å². The maximum atomic E-state index is 11.7. The first-order valence-electron chi connectivity index (χ1n) is 5.75. The second-order valence-electron chi connectivity index (χ2n) is 3.69. The number of hydrogen-bond acceptors (Lipinski definition) is 4. The molecule has 0 radical (unpaired) electrons. The van der Waals surface area contributed by atoms with Crippen LogP contribution in [0, 0.1) is 0 Å². The van der Waals surface area contributed by atoms with E-state index in [1.54, 1.807) is 33.3 Å². The van der Waals surface area contributed by atoms with E-state index in [0.29, 0.717) is 24.7 Å². The molecule has 0 aliphatic carbocycles. The zero-order valence-electron chi connectivity index (χ0n) is 10.9. The number of benzene rings is 1. The van der Waals surface area contributed by atoms with Crippen molar-refractivity contribution in [3.05, 3.63) is 24.3 Å². The number of amides is 1. The molecule has 0 aliphatic heterocycles. The first kappa shape index (κ1) is 14.3. The molecule has 0 fully saturated rings. The Morgan fingerprint density at radius 1 is 1.28 bits per heavy atom. The molecule has 0 aromatic heterocycles. The molecule has 0 bridgehead atoms. The summed E-state index contributed by atoms with van der Waals surface area (Å²) in [5, 5.41) is 2.71. The number of para-hydroxylation sites is 2. The molecule has 0 aliphatic rings. The predicted molar refractivity (Wildman–Crippen MR) is 68.0 cm³/mol. The van der Waals surface area contributed by atoms with Crippen molar-refractivity contribution < 1.29 is 19.0 Å². The number of ether oxygens (including phenoxy) is 3. The molecule has 0 unspecified atom stereocenters. The van der Waals surface area contributed by atoms with Crippen LogP contribution in [-0.2, 0) is 9.53 Å². The Hall–Kier alpha value is -1.75. The second-order valence-corrected chi connectivity index (χ2v) is 3.69. The van der Waals surface area contributed by atoms with Crippen LogP contribution in [0.15, 0.2) is 24.3 Å². The van der Waals surface area contributed by atoms with E-state index in [-0.39, 0.29) is 5.91 Å². The van der Waals surface area contributed by atoms with Gasteiger partial charge in [-0.05, 0) is 19.1 Å². The zero-order chi connectivity index (χ0) is 13.4. The molecular formula is C13H19NO4. The van der Waals surface area contributed by atoms with E-state index >= 15 is 0 Å². The van der Waals surface area contributed by atoms with E-state index < -0.39 is 6.10 Å². The Morgan fingerprint density at radius 2 is 1.94 bits per heavy atom. The van der Waals surface area contributed by atoms with Gasteiger partial charge in [0.05, 0.1) is 13.7 Å². The lowest BCUT2D eigenvalue weighted by Crippen LogP contribution is -2.37. The number of carbonyl (C=O) groups excluding carboxylic acids is 1. The lowest BCUT2D eigenvalue weighted by atomic mass is 10.3. The smallest absolute Gasteiger partial charge is 0.260 e. The lowest BCUT2D eigenvalue weighted by molar-refractivity contribution is -0.127. The predicted octanol–water partition coefficient (Wildman–Crippen LogP) is 1.23. The normalized spacial score (nSPS) is 11.7. The molecule has 1 amide bonds. The van der Waals surface area contributed by atoms with E-state index in [1.165, 1.54) is 0 Å². The van der Waals surface area contributed by atoms with Crippen LogP contribution in [0.2, 0.25) is 0 Å². The third-order valence-corrected chi connectivity index (χ3v) is 2.35. The molecule has 0 heterocycles. The van der Waals surface area contributed by atoms with Crippen LogP contribution >= 0.6 is 0 Å². The minimum absolute atomic E-state index is 0.182. The molecule has 0 saturated heterocycles. The minimum atomic E-state index is -0.585. The molecule has 1 aromatic carbocycles. The summed E-state index contributed by atoms with van der Waals surface area (Å²) in [5.41, 5.74) is 0. The first-order valence-corrected chi connectivity index (χ1v) is 5.75. The van der Waals surface area contributed by atoms with Crippen LogP contribution in [0.5, 0.6) is 11.5 Å². The molecule has 1 rings (SSSR count). The summed E-state index contributed by atoms with van der Waals surface area (Å²) in [5.74, 6) is 0.974. The molecule has 0 spiro atoms. The molecule has 0 saturated carbocycles. The summed E-state index contributed by atoms with van der Waals surface area (Å²) in [6.45, 7) is 2.64. The van der Waals surface area contributed by atoms with Crippen LogP contribution in [0.25, 0.3) is 0 Å². The van der Waals surface area contributed by atoms with Gasteiger partial charge in [0.15, 0.2) is 17.6 Å². The molecule has 18 heavy (non-hydrogen) atoms.